The second-order valence-corrected chi connectivity index (χ2v) is 5.93. The van der Waals surface area contributed by atoms with Gasteiger partial charge in [0, 0.05) is 25.3 Å². The normalized spacial score (nSPS) is 14.0. The van der Waals surface area contributed by atoms with Crippen LogP contribution in [0.3, 0.4) is 0 Å². The lowest BCUT2D eigenvalue weighted by Crippen LogP contribution is -2.25. The molecule has 0 aliphatic rings. The van der Waals surface area contributed by atoms with Crippen LogP contribution in [0.2, 0.25) is 0 Å². The van der Waals surface area contributed by atoms with E-state index in [-0.39, 0.29) is 0 Å². The van der Waals surface area contributed by atoms with Gasteiger partial charge < -0.3 is 14.8 Å². The zero-order chi connectivity index (χ0) is 15.8. The van der Waals surface area contributed by atoms with Crippen molar-refractivity contribution in [1.29, 1.82) is 0 Å². The van der Waals surface area contributed by atoms with E-state index in [1.165, 1.54) is 16.7 Å². The first-order chi connectivity index (χ1) is 10.0. The first-order valence-electron chi connectivity index (χ1n) is 7.91. The fourth-order valence-corrected chi connectivity index (χ4v) is 2.75. The second-order valence-electron chi connectivity index (χ2n) is 5.93. The van der Waals surface area contributed by atoms with E-state index in [0.717, 1.165) is 31.7 Å². The Hall–Kier alpha value is -1.06. The number of aryl methyl sites for hydroxylation is 1. The molecule has 3 heteroatoms. The van der Waals surface area contributed by atoms with Gasteiger partial charge in [0.1, 0.15) is 5.75 Å². The SMILES string of the molecule is CCCNC(CC(C)COC)c1ccc(C)c(C)c1OC. The van der Waals surface area contributed by atoms with Crippen molar-refractivity contribution in [2.24, 2.45) is 5.92 Å². The number of ether oxygens (including phenoxy) is 2. The van der Waals surface area contributed by atoms with E-state index in [1.807, 2.05) is 0 Å². The highest BCUT2D eigenvalue weighted by molar-refractivity contribution is 5.46. The molecule has 0 aliphatic carbocycles. The Labute approximate surface area is 130 Å². The summed E-state index contributed by atoms with van der Waals surface area (Å²) < 4.78 is 11.0. The molecule has 2 unspecified atom stereocenters. The fraction of sp³-hybridized carbons (Fsp3) is 0.667. The number of hydrogen-bond donors (Lipinski definition) is 1. The summed E-state index contributed by atoms with van der Waals surface area (Å²) in [5.41, 5.74) is 3.77. The molecule has 0 aromatic heterocycles. The Morgan fingerprint density at radius 3 is 2.48 bits per heavy atom. The van der Waals surface area contributed by atoms with Gasteiger partial charge in [0.05, 0.1) is 7.11 Å². The average molecular weight is 293 g/mol. The van der Waals surface area contributed by atoms with Crippen LogP contribution in [0.1, 0.15) is 49.4 Å². The number of hydrogen-bond acceptors (Lipinski definition) is 3. The van der Waals surface area contributed by atoms with Gasteiger partial charge in [-0.3, -0.25) is 0 Å². The molecule has 2 atom stereocenters. The summed E-state index contributed by atoms with van der Waals surface area (Å²) >= 11 is 0. The van der Waals surface area contributed by atoms with Crippen molar-refractivity contribution in [3.63, 3.8) is 0 Å². The molecule has 3 nitrogen and oxygen atoms in total. The number of rotatable bonds is 9. The van der Waals surface area contributed by atoms with Crippen molar-refractivity contribution in [1.82, 2.24) is 5.32 Å². The van der Waals surface area contributed by atoms with Gasteiger partial charge >= 0.3 is 0 Å². The van der Waals surface area contributed by atoms with Gasteiger partial charge in [-0.25, -0.2) is 0 Å². The number of nitrogens with one attached hydrogen (secondary N) is 1. The highest BCUT2D eigenvalue weighted by Gasteiger charge is 2.20. The van der Waals surface area contributed by atoms with E-state index in [4.69, 9.17) is 9.47 Å². The predicted octanol–water partition coefficient (Wildman–Crippen LogP) is 4.03. The Balaban J connectivity index is 3.04. The third kappa shape index (κ3) is 5.01. The minimum atomic E-state index is 0.310. The Morgan fingerprint density at radius 2 is 1.90 bits per heavy atom. The highest BCUT2D eigenvalue weighted by Crippen LogP contribution is 2.33. The zero-order valence-electron chi connectivity index (χ0n) is 14.5. The van der Waals surface area contributed by atoms with Crippen LogP contribution in [-0.2, 0) is 4.74 Å². The van der Waals surface area contributed by atoms with E-state index < -0.39 is 0 Å². The largest absolute Gasteiger partial charge is 0.496 e. The highest BCUT2D eigenvalue weighted by atomic mass is 16.5. The standard InChI is InChI=1S/C18H31NO2/c1-7-10-19-17(11-13(2)12-20-5)16-9-8-14(3)15(4)18(16)21-6/h8-9,13,17,19H,7,10-12H2,1-6H3. The van der Waals surface area contributed by atoms with Gasteiger partial charge in [-0.15, -0.1) is 0 Å². The molecule has 1 aromatic rings. The summed E-state index contributed by atoms with van der Waals surface area (Å²) in [5, 5.41) is 3.66. The van der Waals surface area contributed by atoms with Gasteiger partial charge in [0.2, 0.25) is 0 Å². The van der Waals surface area contributed by atoms with E-state index in [1.54, 1.807) is 14.2 Å². The molecule has 0 fully saturated rings. The van der Waals surface area contributed by atoms with Crippen molar-refractivity contribution >= 4 is 0 Å². The van der Waals surface area contributed by atoms with Crippen LogP contribution in [0.5, 0.6) is 5.75 Å². The van der Waals surface area contributed by atoms with Crippen LogP contribution in [0.25, 0.3) is 0 Å². The van der Waals surface area contributed by atoms with Gasteiger partial charge in [0.25, 0.3) is 0 Å². The molecular weight excluding hydrogens is 262 g/mol. The van der Waals surface area contributed by atoms with E-state index in [9.17, 15) is 0 Å². The molecule has 0 saturated heterocycles. The lowest BCUT2D eigenvalue weighted by Gasteiger charge is -2.25. The molecule has 1 rings (SSSR count). The molecular formula is C18H31NO2. The molecule has 1 N–H and O–H groups in total. The third-order valence-electron chi connectivity index (χ3n) is 4.02. The minimum Gasteiger partial charge on any atom is -0.496 e. The quantitative estimate of drug-likeness (QED) is 0.746. The van der Waals surface area contributed by atoms with E-state index >= 15 is 0 Å². The maximum atomic E-state index is 5.69. The van der Waals surface area contributed by atoms with Crippen molar-refractivity contribution < 1.29 is 9.47 Å². The maximum absolute atomic E-state index is 5.69. The van der Waals surface area contributed by atoms with Crippen LogP contribution < -0.4 is 10.1 Å². The molecule has 0 spiro atoms. The Morgan fingerprint density at radius 1 is 1.19 bits per heavy atom. The average Bonchev–Trinajstić information content (AvgIpc) is 2.46. The fourth-order valence-electron chi connectivity index (χ4n) is 2.75. The Kier molecular flexibility index (Phi) is 7.76. The zero-order valence-corrected chi connectivity index (χ0v) is 14.5. The topological polar surface area (TPSA) is 30.5 Å². The monoisotopic (exact) mass is 293 g/mol. The van der Waals surface area contributed by atoms with Crippen molar-refractivity contribution in [2.75, 3.05) is 27.4 Å². The van der Waals surface area contributed by atoms with E-state index in [2.05, 4.69) is 45.1 Å². The first kappa shape index (κ1) is 18.0. The second kappa shape index (κ2) is 9.06. The van der Waals surface area contributed by atoms with Crippen LogP contribution in [0.15, 0.2) is 12.1 Å². The Bertz CT molecular complexity index is 431. The van der Waals surface area contributed by atoms with Crippen molar-refractivity contribution in [3.05, 3.63) is 28.8 Å². The maximum Gasteiger partial charge on any atom is 0.126 e. The van der Waals surface area contributed by atoms with Crippen LogP contribution in [0, 0.1) is 19.8 Å². The summed E-state index contributed by atoms with van der Waals surface area (Å²) in [6.07, 6.45) is 2.18. The molecule has 0 heterocycles. The van der Waals surface area contributed by atoms with Crippen molar-refractivity contribution in [2.45, 2.75) is 46.6 Å². The lowest BCUT2D eigenvalue weighted by molar-refractivity contribution is 0.149. The summed E-state index contributed by atoms with van der Waals surface area (Å²) in [4.78, 5) is 0. The van der Waals surface area contributed by atoms with Crippen molar-refractivity contribution in [3.8, 4) is 5.75 Å². The minimum absolute atomic E-state index is 0.310. The predicted molar refractivity (Wildman–Crippen MR) is 89.2 cm³/mol. The molecule has 0 aliphatic heterocycles. The third-order valence-corrected chi connectivity index (χ3v) is 4.02. The molecule has 120 valence electrons. The smallest absolute Gasteiger partial charge is 0.126 e. The molecule has 0 amide bonds. The summed E-state index contributed by atoms with van der Waals surface area (Å²) in [6, 6.07) is 4.70. The summed E-state index contributed by atoms with van der Waals surface area (Å²) in [7, 11) is 3.53. The molecule has 0 radical (unpaired) electrons. The molecule has 0 saturated carbocycles. The van der Waals surface area contributed by atoms with Crippen LogP contribution >= 0.6 is 0 Å². The molecule has 0 bridgehead atoms. The van der Waals surface area contributed by atoms with Gasteiger partial charge in [-0.05, 0) is 50.3 Å². The first-order valence-corrected chi connectivity index (χ1v) is 7.91. The van der Waals surface area contributed by atoms with Crippen LogP contribution in [0.4, 0.5) is 0 Å². The van der Waals surface area contributed by atoms with Gasteiger partial charge in [-0.1, -0.05) is 26.0 Å². The number of methoxy groups -OCH3 is 2. The summed E-state index contributed by atoms with van der Waals surface area (Å²) in [6.45, 7) is 10.5. The van der Waals surface area contributed by atoms with Gasteiger partial charge in [-0.2, -0.15) is 0 Å². The molecule has 1 aromatic carbocycles. The number of benzene rings is 1. The van der Waals surface area contributed by atoms with E-state index in [0.29, 0.717) is 12.0 Å². The summed E-state index contributed by atoms with van der Waals surface area (Å²) in [5.74, 6) is 1.53. The lowest BCUT2D eigenvalue weighted by atomic mass is 9.92. The van der Waals surface area contributed by atoms with Gasteiger partial charge in [0.15, 0.2) is 0 Å². The molecule has 21 heavy (non-hydrogen) atoms. The van der Waals surface area contributed by atoms with Crippen LogP contribution in [-0.4, -0.2) is 27.4 Å².